The maximum atomic E-state index is 12.1. The highest BCUT2D eigenvalue weighted by atomic mass is 16.5. The van der Waals surface area contributed by atoms with Gasteiger partial charge in [-0.1, -0.05) is 87.4 Å². The van der Waals surface area contributed by atoms with E-state index in [0.29, 0.717) is 12.2 Å². The second-order valence-corrected chi connectivity index (χ2v) is 6.70. The van der Waals surface area contributed by atoms with Crippen LogP contribution in [0.3, 0.4) is 0 Å². The summed E-state index contributed by atoms with van der Waals surface area (Å²) in [6.45, 7) is 4.83. The van der Waals surface area contributed by atoms with Gasteiger partial charge in [-0.25, -0.2) is 4.79 Å². The second-order valence-electron chi connectivity index (χ2n) is 6.70. The predicted molar refractivity (Wildman–Crippen MR) is 105 cm³/mol. The van der Waals surface area contributed by atoms with Gasteiger partial charge < -0.3 is 4.74 Å². The molecular formula is C23H30O2. The first-order valence-corrected chi connectivity index (χ1v) is 9.55. The van der Waals surface area contributed by atoms with Crippen LogP contribution >= 0.6 is 0 Å². The normalized spacial score (nSPS) is 10.6. The van der Waals surface area contributed by atoms with Crippen LogP contribution in [0.4, 0.5) is 0 Å². The summed E-state index contributed by atoms with van der Waals surface area (Å²) in [5.41, 5.74) is 4.14. The lowest BCUT2D eigenvalue weighted by molar-refractivity contribution is 0.0497. The third-order valence-electron chi connectivity index (χ3n) is 4.45. The average molecular weight is 338 g/mol. The molecule has 0 amide bonds. The SMILES string of the molecule is CCCCCCCCCOC(=O)c1ccc(-c2cccc(C)c2)cc1. The lowest BCUT2D eigenvalue weighted by Gasteiger charge is -2.07. The van der Waals surface area contributed by atoms with Gasteiger partial charge in [0.2, 0.25) is 0 Å². The number of carbonyl (C=O) groups is 1. The van der Waals surface area contributed by atoms with Crippen molar-refractivity contribution in [1.29, 1.82) is 0 Å². The second kappa shape index (κ2) is 10.7. The molecule has 0 heterocycles. The fraction of sp³-hybridized carbons (Fsp3) is 0.435. The molecule has 0 aliphatic heterocycles. The van der Waals surface area contributed by atoms with E-state index in [9.17, 15) is 4.79 Å². The van der Waals surface area contributed by atoms with Crippen molar-refractivity contribution in [2.75, 3.05) is 6.61 Å². The molecule has 2 aromatic rings. The molecule has 2 nitrogen and oxygen atoms in total. The Morgan fingerprint density at radius 2 is 1.52 bits per heavy atom. The van der Waals surface area contributed by atoms with E-state index in [1.807, 2.05) is 24.3 Å². The van der Waals surface area contributed by atoms with E-state index < -0.39 is 0 Å². The molecule has 0 atom stereocenters. The zero-order valence-electron chi connectivity index (χ0n) is 15.6. The molecule has 0 saturated heterocycles. The number of benzene rings is 2. The summed E-state index contributed by atoms with van der Waals surface area (Å²) in [7, 11) is 0. The van der Waals surface area contributed by atoms with Gasteiger partial charge in [-0.15, -0.1) is 0 Å². The Morgan fingerprint density at radius 3 is 2.20 bits per heavy atom. The van der Waals surface area contributed by atoms with Gasteiger partial charge in [-0.2, -0.15) is 0 Å². The topological polar surface area (TPSA) is 26.3 Å². The summed E-state index contributed by atoms with van der Waals surface area (Å²) in [4.78, 5) is 12.1. The number of hydrogen-bond donors (Lipinski definition) is 0. The van der Waals surface area contributed by atoms with Gasteiger partial charge in [-0.3, -0.25) is 0 Å². The minimum Gasteiger partial charge on any atom is -0.462 e. The van der Waals surface area contributed by atoms with Gasteiger partial charge in [0.15, 0.2) is 0 Å². The van der Waals surface area contributed by atoms with Crippen molar-refractivity contribution in [3.8, 4) is 11.1 Å². The molecular weight excluding hydrogens is 308 g/mol. The van der Waals surface area contributed by atoms with Gasteiger partial charge in [0.25, 0.3) is 0 Å². The number of unbranched alkanes of at least 4 members (excludes halogenated alkanes) is 6. The largest absolute Gasteiger partial charge is 0.462 e. The summed E-state index contributed by atoms with van der Waals surface area (Å²) in [5, 5.41) is 0. The van der Waals surface area contributed by atoms with Gasteiger partial charge in [0.05, 0.1) is 12.2 Å². The van der Waals surface area contributed by atoms with Crippen LogP contribution < -0.4 is 0 Å². The number of carbonyl (C=O) groups excluding carboxylic acids is 1. The Bertz CT molecular complexity index is 643. The standard InChI is InChI=1S/C23H30O2/c1-3-4-5-6-7-8-9-17-25-23(24)21-15-13-20(14-16-21)22-12-10-11-19(2)18-22/h10-16,18H,3-9,17H2,1-2H3. The van der Waals surface area contributed by atoms with Gasteiger partial charge >= 0.3 is 5.97 Å². The van der Waals surface area contributed by atoms with Crippen molar-refractivity contribution in [3.63, 3.8) is 0 Å². The highest BCUT2D eigenvalue weighted by Crippen LogP contribution is 2.21. The van der Waals surface area contributed by atoms with E-state index in [2.05, 4.69) is 38.1 Å². The van der Waals surface area contributed by atoms with Crippen LogP contribution in [0.15, 0.2) is 48.5 Å². The monoisotopic (exact) mass is 338 g/mol. The molecule has 2 heteroatoms. The van der Waals surface area contributed by atoms with E-state index in [-0.39, 0.29) is 5.97 Å². The van der Waals surface area contributed by atoms with Crippen molar-refractivity contribution in [1.82, 2.24) is 0 Å². The number of ether oxygens (including phenoxy) is 1. The number of esters is 1. The first-order chi connectivity index (χ1) is 12.2. The Kier molecular flexibility index (Phi) is 8.24. The van der Waals surface area contributed by atoms with E-state index in [1.54, 1.807) is 0 Å². The first kappa shape index (κ1) is 19.2. The average Bonchev–Trinajstić information content (AvgIpc) is 2.64. The summed E-state index contributed by atoms with van der Waals surface area (Å²) in [6.07, 6.45) is 8.56. The zero-order chi connectivity index (χ0) is 17.9. The Balaban J connectivity index is 1.73. The fourth-order valence-electron chi connectivity index (χ4n) is 2.93. The van der Waals surface area contributed by atoms with Crippen LogP contribution in [-0.4, -0.2) is 12.6 Å². The number of rotatable bonds is 10. The number of aryl methyl sites for hydroxylation is 1. The van der Waals surface area contributed by atoms with Crippen LogP contribution in [0.1, 0.15) is 67.8 Å². The molecule has 0 unspecified atom stereocenters. The predicted octanol–water partition coefficient (Wildman–Crippen LogP) is 6.57. The maximum absolute atomic E-state index is 12.1. The molecule has 0 N–H and O–H groups in total. The zero-order valence-corrected chi connectivity index (χ0v) is 15.6. The Hall–Kier alpha value is -2.09. The highest BCUT2D eigenvalue weighted by Gasteiger charge is 2.07. The quantitative estimate of drug-likeness (QED) is 0.362. The fourth-order valence-corrected chi connectivity index (χ4v) is 2.93. The summed E-state index contributed by atoms with van der Waals surface area (Å²) in [5.74, 6) is -0.221. The van der Waals surface area contributed by atoms with Crippen LogP contribution in [-0.2, 0) is 4.74 Å². The van der Waals surface area contributed by atoms with Gasteiger partial charge in [0, 0.05) is 0 Å². The lowest BCUT2D eigenvalue weighted by Crippen LogP contribution is -2.06. The summed E-state index contributed by atoms with van der Waals surface area (Å²) >= 11 is 0. The van der Waals surface area contributed by atoms with E-state index in [4.69, 9.17) is 4.74 Å². The third-order valence-corrected chi connectivity index (χ3v) is 4.45. The van der Waals surface area contributed by atoms with Gasteiger partial charge in [0.1, 0.15) is 0 Å². The smallest absolute Gasteiger partial charge is 0.338 e. The molecule has 0 aliphatic rings. The minimum atomic E-state index is -0.221. The lowest BCUT2D eigenvalue weighted by atomic mass is 10.0. The molecule has 0 radical (unpaired) electrons. The van der Waals surface area contributed by atoms with Crippen molar-refractivity contribution in [2.45, 2.75) is 58.8 Å². The van der Waals surface area contributed by atoms with Crippen molar-refractivity contribution < 1.29 is 9.53 Å². The maximum Gasteiger partial charge on any atom is 0.338 e. The van der Waals surface area contributed by atoms with E-state index in [1.165, 1.54) is 43.2 Å². The van der Waals surface area contributed by atoms with Crippen LogP contribution in [0.25, 0.3) is 11.1 Å². The molecule has 2 aromatic carbocycles. The van der Waals surface area contributed by atoms with Crippen LogP contribution in [0.2, 0.25) is 0 Å². The number of hydrogen-bond acceptors (Lipinski definition) is 2. The van der Waals surface area contributed by atoms with Gasteiger partial charge in [-0.05, 0) is 36.6 Å². The van der Waals surface area contributed by atoms with Crippen molar-refractivity contribution >= 4 is 5.97 Å². The minimum absolute atomic E-state index is 0.221. The molecule has 0 aliphatic carbocycles. The summed E-state index contributed by atoms with van der Waals surface area (Å²) < 4.78 is 5.38. The van der Waals surface area contributed by atoms with Crippen molar-refractivity contribution in [2.24, 2.45) is 0 Å². The first-order valence-electron chi connectivity index (χ1n) is 9.55. The molecule has 0 bridgehead atoms. The molecule has 2 rings (SSSR count). The van der Waals surface area contributed by atoms with E-state index in [0.717, 1.165) is 18.4 Å². The van der Waals surface area contributed by atoms with Crippen molar-refractivity contribution in [3.05, 3.63) is 59.7 Å². The Morgan fingerprint density at radius 1 is 0.840 bits per heavy atom. The van der Waals surface area contributed by atoms with E-state index >= 15 is 0 Å². The summed E-state index contributed by atoms with van der Waals surface area (Å²) in [6, 6.07) is 16.0. The molecule has 0 aromatic heterocycles. The molecule has 25 heavy (non-hydrogen) atoms. The third kappa shape index (κ3) is 6.74. The molecule has 134 valence electrons. The highest BCUT2D eigenvalue weighted by molar-refractivity contribution is 5.90. The van der Waals surface area contributed by atoms with Crippen LogP contribution in [0, 0.1) is 6.92 Å². The Labute approximate surface area is 152 Å². The molecule has 0 spiro atoms. The molecule has 0 fully saturated rings. The molecule has 0 saturated carbocycles. The van der Waals surface area contributed by atoms with Crippen LogP contribution in [0.5, 0.6) is 0 Å².